The predicted molar refractivity (Wildman–Crippen MR) is 75.7 cm³/mol. The number of aryl methyl sites for hydroxylation is 1. The zero-order valence-electron chi connectivity index (χ0n) is 11.3. The van der Waals surface area contributed by atoms with Gasteiger partial charge < -0.3 is 0 Å². The molecule has 0 radical (unpaired) electrons. The zero-order chi connectivity index (χ0) is 12.2. The summed E-state index contributed by atoms with van der Waals surface area (Å²) in [5.41, 5.74) is 2.88. The fourth-order valence-corrected chi connectivity index (χ4v) is 1.54. The minimum atomic E-state index is 1.11. The van der Waals surface area contributed by atoms with Crippen molar-refractivity contribution in [3.63, 3.8) is 0 Å². The molecule has 0 fully saturated rings. The Balaban J connectivity index is 0.00000106. The van der Waals surface area contributed by atoms with E-state index >= 15 is 0 Å². The second kappa shape index (κ2) is 10.5. The highest BCUT2D eigenvalue weighted by Crippen LogP contribution is 2.13. The molecule has 0 N–H and O–H groups in total. The highest BCUT2D eigenvalue weighted by Gasteiger charge is 1.96. The van der Waals surface area contributed by atoms with Crippen LogP contribution < -0.4 is 0 Å². The van der Waals surface area contributed by atoms with Gasteiger partial charge in [-0.15, -0.1) is 0 Å². The summed E-state index contributed by atoms with van der Waals surface area (Å²) in [6, 6.07) is 8.70. The van der Waals surface area contributed by atoms with Crippen molar-refractivity contribution in [1.29, 1.82) is 0 Å². The first-order chi connectivity index (χ1) is 7.88. The first-order valence-electron chi connectivity index (χ1n) is 6.63. The molecular formula is C16H26. The molecule has 0 atom stereocenters. The summed E-state index contributed by atoms with van der Waals surface area (Å²) >= 11 is 0. The lowest BCUT2D eigenvalue weighted by atomic mass is 10.0. The molecule has 0 amide bonds. The van der Waals surface area contributed by atoms with Gasteiger partial charge in [-0.25, -0.2) is 0 Å². The van der Waals surface area contributed by atoms with Crippen LogP contribution in [0, 0.1) is 0 Å². The first-order valence-corrected chi connectivity index (χ1v) is 6.63. The maximum Gasteiger partial charge on any atom is -0.0228 e. The van der Waals surface area contributed by atoms with Crippen molar-refractivity contribution in [1.82, 2.24) is 0 Å². The van der Waals surface area contributed by atoms with Crippen molar-refractivity contribution in [2.45, 2.75) is 53.4 Å². The van der Waals surface area contributed by atoms with Crippen molar-refractivity contribution in [3.8, 4) is 0 Å². The minimum absolute atomic E-state index is 1.11. The molecule has 0 aliphatic carbocycles. The van der Waals surface area contributed by atoms with Gasteiger partial charge in [0.1, 0.15) is 0 Å². The topological polar surface area (TPSA) is 0 Å². The second-order valence-corrected chi connectivity index (χ2v) is 3.61. The van der Waals surface area contributed by atoms with Gasteiger partial charge in [0, 0.05) is 0 Å². The van der Waals surface area contributed by atoms with Crippen LogP contribution in [0.15, 0.2) is 30.3 Å². The van der Waals surface area contributed by atoms with Crippen LogP contribution in [0.1, 0.15) is 58.1 Å². The average Bonchev–Trinajstić information content (AvgIpc) is 2.37. The Kier molecular flexibility index (Phi) is 9.80. The lowest BCUT2D eigenvalue weighted by Gasteiger charge is -2.04. The molecule has 0 saturated heterocycles. The van der Waals surface area contributed by atoms with E-state index in [1.54, 1.807) is 0 Å². The van der Waals surface area contributed by atoms with Crippen LogP contribution >= 0.6 is 0 Å². The molecule has 0 heterocycles. The minimum Gasteiger partial charge on any atom is -0.0842 e. The fraction of sp³-hybridized carbons (Fsp3) is 0.500. The van der Waals surface area contributed by atoms with Gasteiger partial charge in [-0.3, -0.25) is 0 Å². The summed E-state index contributed by atoms with van der Waals surface area (Å²) < 4.78 is 0. The Morgan fingerprint density at radius 3 is 2.38 bits per heavy atom. The summed E-state index contributed by atoms with van der Waals surface area (Å²) in [5, 5.41) is 0. The Labute approximate surface area is 101 Å². The third-order valence-corrected chi connectivity index (χ3v) is 2.39. The monoisotopic (exact) mass is 218 g/mol. The predicted octanol–water partition coefficient (Wildman–Crippen LogP) is 5.48. The quantitative estimate of drug-likeness (QED) is 0.614. The van der Waals surface area contributed by atoms with E-state index in [1.807, 2.05) is 13.8 Å². The van der Waals surface area contributed by atoms with Crippen molar-refractivity contribution >= 4 is 6.08 Å². The highest BCUT2D eigenvalue weighted by molar-refractivity contribution is 5.53. The molecule has 0 spiro atoms. The lowest BCUT2D eigenvalue weighted by Crippen LogP contribution is -1.88. The number of allylic oxidation sites excluding steroid dienone is 1. The number of hydrogen-bond donors (Lipinski definition) is 0. The van der Waals surface area contributed by atoms with Gasteiger partial charge in [0.2, 0.25) is 0 Å². The third kappa shape index (κ3) is 5.75. The smallest absolute Gasteiger partial charge is 0.0228 e. The molecule has 90 valence electrons. The van der Waals surface area contributed by atoms with E-state index in [1.165, 1.54) is 30.4 Å². The van der Waals surface area contributed by atoms with Gasteiger partial charge in [0.05, 0.1) is 0 Å². The average molecular weight is 218 g/mol. The second-order valence-electron chi connectivity index (χ2n) is 3.61. The molecule has 0 unspecified atom stereocenters. The summed E-state index contributed by atoms with van der Waals surface area (Å²) in [5.74, 6) is 0. The number of unbranched alkanes of at least 4 members (excludes halogenated alkanes) is 1. The van der Waals surface area contributed by atoms with Gasteiger partial charge in [0.25, 0.3) is 0 Å². The van der Waals surface area contributed by atoms with E-state index in [2.05, 4.69) is 50.3 Å². The number of rotatable bonds is 5. The largest absolute Gasteiger partial charge is 0.0842 e. The maximum absolute atomic E-state index is 2.24. The summed E-state index contributed by atoms with van der Waals surface area (Å²) in [4.78, 5) is 0. The fourth-order valence-electron chi connectivity index (χ4n) is 1.54. The third-order valence-electron chi connectivity index (χ3n) is 2.39. The van der Waals surface area contributed by atoms with Crippen LogP contribution in [0.25, 0.3) is 6.08 Å². The molecule has 1 aromatic rings. The highest BCUT2D eigenvalue weighted by atomic mass is 14.0. The van der Waals surface area contributed by atoms with E-state index in [9.17, 15) is 0 Å². The maximum atomic E-state index is 2.24. The van der Waals surface area contributed by atoms with E-state index in [0.29, 0.717) is 0 Å². The van der Waals surface area contributed by atoms with Crippen molar-refractivity contribution < 1.29 is 0 Å². The van der Waals surface area contributed by atoms with Gasteiger partial charge in [-0.2, -0.15) is 0 Å². The van der Waals surface area contributed by atoms with Crippen molar-refractivity contribution in [2.24, 2.45) is 0 Å². The Morgan fingerprint density at radius 1 is 1.06 bits per heavy atom. The molecule has 0 aliphatic heterocycles. The summed E-state index contributed by atoms with van der Waals surface area (Å²) in [6.45, 7) is 8.41. The molecule has 1 aromatic carbocycles. The zero-order valence-corrected chi connectivity index (χ0v) is 11.3. The van der Waals surface area contributed by atoms with Crippen LogP contribution in [0.5, 0.6) is 0 Å². The molecule has 16 heavy (non-hydrogen) atoms. The van der Waals surface area contributed by atoms with Gasteiger partial charge in [0.15, 0.2) is 0 Å². The van der Waals surface area contributed by atoms with Gasteiger partial charge in [-0.05, 0) is 30.4 Å². The first kappa shape index (κ1) is 15.0. The normalized spacial score (nSPS) is 10.0. The molecule has 0 nitrogen and oxygen atoms in total. The van der Waals surface area contributed by atoms with Crippen LogP contribution in [-0.4, -0.2) is 0 Å². The molecular weight excluding hydrogens is 192 g/mol. The van der Waals surface area contributed by atoms with Gasteiger partial charge in [-0.1, -0.05) is 70.5 Å². The van der Waals surface area contributed by atoms with E-state index in [-0.39, 0.29) is 0 Å². The number of hydrogen-bond acceptors (Lipinski definition) is 0. The molecule has 0 aliphatic rings. The Hall–Kier alpha value is -1.04. The standard InChI is InChI=1S/C14H20.C2H6/c1-3-5-9-13-11-7-8-12-14(13)10-6-4-2;1-2/h5,7-9,11-12H,3-4,6,10H2,1-2H3;1-2H3/b9-5+;. The molecule has 0 aromatic heterocycles. The Bertz CT molecular complexity index is 284. The summed E-state index contributed by atoms with van der Waals surface area (Å²) in [6.07, 6.45) is 9.35. The van der Waals surface area contributed by atoms with E-state index in [0.717, 1.165) is 6.42 Å². The van der Waals surface area contributed by atoms with Crippen LogP contribution in [0.4, 0.5) is 0 Å². The molecule has 0 heteroatoms. The van der Waals surface area contributed by atoms with E-state index in [4.69, 9.17) is 0 Å². The van der Waals surface area contributed by atoms with Gasteiger partial charge >= 0.3 is 0 Å². The number of benzene rings is 1. The lowest BCUT2D eigenvalue weighted by molar-refractivity contribution is 0.794. The summed E-state index contributed by atoms with van der Waals surface area (Å²) in [7, 11) is 0. The Morgan fingerprint density at radius 2 is 1.75 bits per heavy atom. The van der Waals surface area contributed by atoms with E-state index < -0.39 is 0 Å². The molecule has 1 rings (SSSR count). The van der Waals surface area contributed by atoms with Crippen LogP contribution in [0.2, 0.25) is 0 Å². The molecule has 0 saturated carbocycles. The van der Waals surface area contributed by atoms with Crippen LogP contribution in [-0.2, 0) is 6.42 Å². The van der Waals surface area contributed by atoms with Crippen molar-refractivity contribution in [3.05, 3.63) is 41.5 Å². The van der Waals surface area contributed by atoms with Crippen LogP contribution in [0.3, 0.4) is 0 Å². The van der Waals surface area contributed by atoms with Crippen molar-refractivity contribution in [2.75, 3.05) is 0 Å². The molecule has 0 bridgehead atoms. The SMILES string of the molecule is CC.CC/C=C/c1ccccc1CCCC.